The van der Waals surface area contributed by atoms with Crippen LogP contribution < -0.4 is 5.32 Å². The molecule has 7 heteroatoms. The molecule has 2 aromatic rings. The fourth-order valence-corrected chi connectivity index (χ4v) is 2.63. The van der Waals surface area contributed by atoms with Crippen molar-refractivity contribution in [3.8, 4) is 11.3 Å². The third kappa shape index (κ3) is 3.94. The molecule has 0 fully saturated rings. The molecule has 6 nitrogen and oxygen atoms in total. The maximum atomic E-state index is 12.6. The first-order valence-corrected chi connectivity index (χ1v) is 7.94. The molecule has 24 heavy (non-hydrogen) atoms. The Kier molecular flexibility index (Phi) is 5.62. The molecular weight excluding hydrogens is 332 g/mol. The van der Waals surface area contributed by atoms with Crippen LogP contribution in [0.25, 0.3) is 11.3 Å². The summed E-state index contributed by atoms with van der Waals surface area (Å²) in [5.41, 5.74) is 1.04. The van der Waals surface area contributed by atoms with Gasteiger partial charge in [0.25, 0.3) is 5.91 Å². The van der Waals surface area contributed by atoms with E-state index in [2.05, 4.69) is 10.5 Å². The topological polar surface area (TPSA) is 92.4 Å². The number of hydrogen-bond donors (Lipinski definition) is 2. The molecule has 0 saturated carbocycles. The summed E-state index contributed by atoms with van der Waals surface area (Å²) in [6.45, 7) is 5.38. The summed E-state index contributed by atoms with van der Waals surface area (Å²) in [5, 5.41) is 16.2. The zero-order valence-corrected chi connectivity index (χ0v) is 14.4. The van der Waals surface area contributed by atoms with E-state index < -0.39 is 17.9 Å². The summed E-state index contributed by atoms with van der Waals surface area (Å²) in [5.74, 6) is -1.20. The number of amides is 1. The van der Waals surface area contributed by atoms with Crippen LogP contribution in [-0.2, 0) is 4.79 Å². The molecule has 1 aromatic heterocycles. The number of rotatable bonds is 6. The van der Waals surface area contributed by atoms with Crippen molar-refractivity contribution in [2.24, 2.45) is 5.92 Å². The second-order valence-electron chi connectivity index (χ2n) is 5.94. The van der Waals surface area contributed by atoms with Gasteiger partial charge < -0.3 is 14.9 Å². The molecule has 2 rings (SSSR count). The number of aromatic nitrogens is 1. The van der Waals surface area contributed by atoms with Crippen LogP contribution in [-0.4, -0.2) is 28.2 Å². The maximum absolute atomic E-state index is 12.6. The van der Waals surface area contributed by atoms with Crippen LogP contribution in [0.2, 0.25) is 5.02 Å². The molecule has 1 aromatic carbocycles. The molecule has 1 atom stereocenters. The standard InChI is InChI=1S/C17H19ClN2O4/c1-9(2)8-13(17(22)23)19-16(21)14-10(3)24-20-15(14)11-6-4-5-7-12(11)18/h4-7,9,13H,8H2,1-3H3,(H,19,21)(H,22,23)/t13-/m0/s1. The maximum Gasteiger partial charge on any atom is 0.326 e. The molecule has 0 unspecified atom stereocenters. The summed E-state index contributed by atoms with van der Waals surface area (Å²) in [4.78, 5) is 24.0. The quantitative estimate of drug-likeness (QED) is 0.831. The number of aliphatic carboxylic acids is 1. The van der Waals surface area contributed by atoms with Crippen LogP contribution >= 0.6 is 11.6 Å². The van der Waals surface area contributed by atoms with E-state index in [-0.39, 0.29) is 11.5 Å². The number of halogens is 1. The number of aryl methyl sites for hydroxylation is 1. The van der Waals surface area contributed by atoms with Crippen molar-refractivity contribution in [2.75, 3.05) is 0 Å². The molecule has 0 bridgehead atoms. The summed E-state index contributed by atoms with van der Waals surface area (Å²) in [7, 11) is 0. The fourth-order valence-electron chi connectivity index (χ4n) is 2.40. The molecule has 0 aliphatic rings. The molecule has 0 aliphatic heterocycles. The van der Waals surface area contributed by atoms with Crippen molar-refractivity contribution in [2.45, 2.75) is 33.2 Å². The van der Waals surface area contributed by atoms with Crippen LogP contribution in [0.15, 0.2) is 28.8 Å². The Labute approximate surface area is 144 Å². The van der Waals surface area contributed by atoms with Gasteiger partial charge in [0.15, 0.2) is 0 Å². The normalized spacial score (nSPS) is 12.2. The molecule has 128 valence electrons. The van der Waals surface area contributed by atoms with Gasteiger partial charge in [-0.1, -0.05) is 48.8 Å². The highest BCUT2D eigenvalue weighted by atomic mass is 35.5. The van der Waals surface area contributed by atoms with Crippen LogP contribution in [0.5, 0.6) is 0 Å². The smallest absolute Gasteiger partial charge is 0.326 e. The van der Waals surface area contributed by atoms with Gasteiger partial charge in [0, 0.05) is 5.56 Å². The third-order valence-electron chi connectivity index (χ3n) is 3.53. The Hall–Kier alpha value is -2.34. The molecule has 2 N–H and O–H groups in total. The molecule has 0 saturated heterocycles. The van der Waals surface area contributed by atoms with Crippen molar-refractivity contribution in [3.05, 3.63) is 40.6 Å². The molecular formula is C17H19ClN2O4. The van der Waals surface area contributed by atoms with Gasteiger partial charge >= 0.3 is 5.97 Å². The van der Waals surface area contributed by atoms with E-state index in [9.17, 15) is 14.7 Å². The van der Waals surface area contributed by atoms with Gasteiger partial charge in [-0.2, -0.15) is 0 Å². The van der Waals surface area contributed by atoms with Crippen molar-refractivity contribution in [1.82, 2.24) is 10.5 Å². The number of hydrogen-bond acceptors (Lipinski definition) is 4. The van der Waals surface area contributed by atoms with E-state index >= 15 is 0 Å². The van der Waals surface area contributed by atoms with Gasteiger partial charge in [-0.05, 0) is 25.3 Å². The number of benzene rings is 1. The minimum Gasteiger partial charge on any atom is -0.480 e. The Morgan fingerprint density at radius 1 is 1.33 bits per heavy atom. The minimum absolute atomic E-state index is 0.123. The van der Waals surface area contributed by atoms with Gasteiger partial charge in [0.1, 0.15) is 23.1 Å². The van der Waals surface area contributed by atoms with E-state index in [1.807, 2.05) is 13.8 Å². The average molecular weight is 351 g/mol. The van der Waals surface area contributed by atoms with E-state index in [0.717, 1.165) is 0 Å². The zero-order chi connectivity index (χ0) is 17.9. The molecule has 0 spiro atoms. The van der Waals surface area contributed by atoms with Crippen LogP contribution in [0.1, 0.15) is 36.4 Å². The van der Waals surface area contributed by atoms with Crippen LogP contribution in [0.3, 0.4) is 0 Å². The van der Waals surface area contributed by atoms with Crippen LogP contribution in [0, 0.1) is 12.8 Å². The van der Waals surface area contributed by atoms with E-state index in [1.54, 1.807) is 31.2 Å². The second kappa shape index (κ2) is 7.49. The Morgan fingerprint density at radius 2 is 2.00 bits per heavy atom. The lowest BCUT2D eigenvalue weighted by atomic mass is 10.0. The summed E-state index contributed by atoms with van der Waals surface area (Å²) in [6.07, 6.45) is 0.326. The summed E-state index contributed by atoms with van der Waals surface area (Å²) >= 11 is 6.16. The van der Waals surface area contributed by atoms with Crippen molar-refractivity contribution >= 4 is 23.5 Å². The molecule has 1 heterocycles. The van der Waals surface area contributed by atoms with E-state index in [0.29, 0.717) is 28.5 Å². The van der Waals surface area contributed by atoms with Gasteiger partial charge in [-0.25, -0.2) is 4.79 Å². The van der Waals surface area contributed by atoms with E-state index in [4.69, 9.17) is 16.1 Å². The predicted octanol–water partition coefficient (Wildman–Crippen LogP) is 3.53. The summed E-state index contributed by atoms with van der Waals surface area (Å²) < 4.78 is 5.13. The number of carboxylic acid groups (broad SMARTS) is 1. The van der Waals surface area contributed by atoms with Gasteiger partial charge in [0.05, 0.1) is 5.02 Å². The zero-order valence-electron chi connectivity index (χ0n) is 13.7. The highest BCUT2D eigenvalue weighted by Crippen LogP contribution is 2.31. The van der Waals surface area contributed by atoms with E-state index in [1.165, 1.54) is 0 Å². The predicted molar refractivity (Wildman–Crippen MR) is 90.0 cm³/mol. The monoisotopic (exact) mass is 350 g/mol. The third-order valence-corrected chi connectivity index (χ3v) is 3.86. The average Bonchev–Trinajstić information content (AvgIpc) is 2.88. The fraction of sp³-hybridized carbons (Fsp3) is 0.353. The largest absolute Gasteiger partial charge is 0.480 e. The number of carbonyl (C=O) groups is 2. The first kappa shape index (κ1) is 18.0. The number of carbonyl (C=O) groups excluding carboxylic acids is 1. The van der Waals surface area contributed by atoms with Gasteiger partial charge in [-0.15, -0.1) is 0 Å². The first-order chi connectivity index (χ1) is 11.3. The number of nitrogens with one attached hydrogen (secondary N) is 1. The molecule has 0 radical (unpaired) electrons. The lowest BCUT2D eigenvalue weighted by Crippen LogP contribution is -2.41. The minimum atomic E-state index is -1.08. The summed E-state index contributed by atoms with van der Waals surface area (Å²) in [6, 6.07) is 5.96. The number of carboxylic acids is 1. The molecule has 0 aliphatic carbocycles. The highest BCUT2D eigenvalue weighted by molar-refractivity contribution is 6.33. The van der Waals surface area contributed by atoms with Crippen molar-refractivity contribution in [3.63, 3.8) is 0 Å². The second-order valence-corrected chi connectivity index (χ2v) is 6.34. The Bertz CT molecular complexity index is 755. The number of nitrogens with zero attached hydrogens (tertiary/aromatic N) is 1. The van der Waals surface area contributed by atoms with Crippen molar-refractivity contribution < 1.29 is 19.2 Å². The van der Waals surface area contributed by atoms with Gasteiger partial charge in [-0.3, -0.25) is 4.79 Å². The Morgan fingerprint density at radius 3 is 2.58 bits per heavy atom. The van der Waals surface area contributed by atoms with Gasteiger partial charge in [0.2, 0.25) is 0 Å². The van der Waals surface area contributed by atoms with Crippen molar-refractivity contribution in [1.29, 1.82) is 0 Å². The first-order valence-electron chi connectivity index (χ1n) is 7.56. The lowest BCUT2D eigenvalue weighted by molar-refractivity contribution is -0.139. The Balaban J connectivity index is 2.35. The highest BCUT2D eigenvalue weighted by Gasteiger charge is 2.27. The van der Waals surface area contributed by atoms with Crippen LogP contribution in [0.4, 0.5) is 0 Å². The molecule has 1 amide bonds. The lowest BCUT2D eigenvalue weighted by Gasteiger charge is -2.16. The SMILES string of the molecule is Cc1onc(-c2ccccc2Cl)c1C(=O)N[C@@H](CC(C)C)C(=O)O.